The molecule has 0 saturated carbocycles. The first-order valence-electron chi connectivity index (χ1n) is 28.1. The average Bonchev–Trinajstić information content (AvgIpc) is 3.32. The molecule has 0 aliphatic carbocycles. The van der Waals surface area contributed by atoms with Crippen molar-refractivity contribution < 1.29 is 24.2 Å². The molecule has 0 aliphatic rings. The van der Waals surface area contributed by atoms with Gasteiger partial charge in [-0.3, -0.25) is 9.59 Å². The van der Waals surface area contributed by atoms with Crippen molar-refractivity contribution in [2.24, 2.45) is 0 Å². The molecule has 0 fully saturated rings. The van der Waals surface area contributed by atoms with Gasteiger partial charge in [0.2, 0.25) is 0 Å². The Bertz CT molecular complexity index is 1220. The summed E-state index contributed by atoms with van der Waals surface area (Å²) in [4.78, 5) is 24.4. The third-order valence-corrected chi connectivity index (χ3v) is 12.2. The average molecular weight is 920 g/mol. The van der Waals surface area contributed by atoms with E-state index in [9.17, 15) is 14.7 Å². The molecule has 1 N–H and O–H groups in total. The number of rotatable bonds is 51. The Hall–Kier alpha value is -2.92. The molecule has 0 saturated heterocycles. The van der Waals surface area contributed by atoms with E-state index in [1.807, 2.05) is 0 Å². The van der Waals surface area contributed by atoms with Gasteiger partial charge in [0.05, 0.1) is 6.61 Å². The first-order chi connectivity index (χ1) is 32.6. The van der Waals surface area contributed by atoms with Crippen LogP contribution in [0.4, 0.5) is 0 Å². The number of hydrogen-bond acceptors (Lipinski definition) is 5. The molecule has 0 bridgehead atoms. The summed E-state index contributed by atoms with van der Waals surface area (Å²) in [6.07, 6.45) is 78.5. The number of aliphatic hydroxyl groups is 1. The first-order valence-corrected chi connectivity index (χ1v) is 28.1. The van der Waals surface area contributed by atoms with Crippen LogP contribution in [0.2, 0.25) is 0 Å². The highest BCUT2D eigenvalue weighted by molar-refractivity contribution is 5.70. The second-order valence-corrected chi connectivity index (χ2v) is 18.6. The van der Waals surface area contributed by atoms with Crippen LogP contribution in [-0.4, -0.2) is 36.4 Å². The Balaban J connectivity index is 3.46. The molecule has 0 aromatic rings. The van der Waals surface area contributed by atoms with Gasteiger partial charge in [-0.05, 0) is 70.6 Å². The van der Waals surface area contributed by atoms with Crippen LogP contribution >= 0.6 is 0 Å². The summed E-state index contributed by atoms with van der Waals surface area (Å²) in [6, 6.07) is 0. The number of ether oxygens (including phenoxy) is 2. The highest BCUT2D eigenvalue weighted by Crippen LogP contribution is 2.16. The van der Waals surface area contributed by atoms with Crippen LogP contribution in [-0.2, 0) is 19.1 Å². The van der Waals surface area contributed by atoms with E-state index in [0.717, 1.165) is 83.5 Å². The summed E-state index contributed by atoms with van der Waals surface area (Å²) in [5.74, 6) is -0.581. The van der Waals surface area contributed by atoms with Gasteiger partial charge in [0.25, 0.3) is 0 Å². The molecule has 1 atom stereocenters. The quantitative estimate of drug-likeness (QED) is 0.0374. The third kappa shape index (κ3) is 53.7. The fourth-order valence-corrected chi connectivity index (χ4v) is 8.01. The minimum Gasteiger partial charge on any atom is -0.462 e. The lowest BCUT2D eigenvalue weighted by Crippen LogP contribution is -2.28. The maximum Gasteiger partial charge on any atom is 0.306 e. The van der Waals surface area contributed by atoms with Gasteiger partial charge < -0.3 is 14.6 Å². The first kappa shape index (κ1) is 63.1. The smallest absolute Gasteiger partial charge is 0.306 e. The second kappa shape index (κ2) is 56.4. The fraction of sp³-hybridized carbons (Fsp3) is 0.738. The fourth-order valence-electron chi connectivity index (χ4n) is 8.01. The molecule has 0 heterocycles. The monoisotopic (exact) mass is 919 g/mol. The largest absolute Gasteiger partial charge is 0.462 e. The topological polar surface area (TPSA) is 72.8 Å². The standard InChI is InChI=1S/C61H106O5/c1-3-5-7-9-11-13-15-17-18-19-20-21-22-23-24-25-26-27-28-29-30-31-32-33-34-35-36-37-38-39-40-41-42-44-46-48-50-52-54-56-61(64)66-59(57-62)58-65-60(63)55-53-51-49-47-45-43-16-14-12-10-8-6-4-2/h5,7,11,13,17-18,20-21,23-24,26-27,29-30,59,62H,3-4,6,8-10,12,14-16,19,22,25,28,31-58H2,1-2H3/b7-5-,13-11-,18-17-,21-20-,24-23-,27-26-,30-29-. The number of hydrogen-bond donors (Lipinski definition) is 1. The number of aliphatic hydroxyl groups excluding tert-OH is 1. The zero-order valence-corrected chi connectivity index (χ0v) is 43.4. The van der Waals surface area contributed by atoms with Crippen LogP contribution in [0.1, 0.15) is 271 Å². The third-order valence-electron chi connectivity index (χ3n) is 12.2. The Morgan fingerprint density at radius 3 is 0.985 bits per heavy atom. The summed E-state index contributed by atoms with van der Waals surface area (Å²) < 4.78 is 10.7. The van der Waals surface area contributed by atoms with Crippen molar-refractivity contribution in [1.82, 2.24) is 0 Å². The summed E-state index contributed by atoms with van der Waals surface area (Å²) in [7, 11) is 0. The van der Waals surface area contributed by atoms with Gasteiger partial charge in [0, 0.05) is 12.8 Å². The number of esters is 2. The molecular formula is C61H106O5. The molecule has 66 heavy (non-hydrogen) atoms. The van der Waals surface area contributed by atoms with E-state index in [4.69, 9.17) is 9.47 Å². The number of carbonyl (C=O) groups excluding carboxylic acids is 2. The minimum atomic E-state index is -0.771. The molecule has 0 aromatic heterocycles. The van der Waals surface area contributed by atoms with E-state index >= 15 is 0 Å². The van der Waals surface area contributed by atoms with Gasteiger partial charge in [-0.1, -0.05) is 272 Å². The number of allylic oxidation sites excluding steroid dienone is 14. The van der Waals surface area contributed by atoms with Crippen molar-refractivity contribution in [3.63, 3.8) is 0 Å². The van der Waals surface area contributed by atoms with Gasteiger partial charge in [-0.25, -0.2) is 0 Å². The SMILES string of the molecule is CC/C=C\C/C=C\C/C=C\C/C=C\C/C=C\C/C=C\C/C=C\CCCCCCCCCCCCCCCCCCCC(=O)OC(CO)COC(=O)CCCCCCCCCCCCCCC. The van der Waals surface area contributed by atoms with Crippen LogP contribution in [0.25, 0.3) is 0 Å². The molecule has 0 amide bonds. The van der Waals surface area contributed by atoms with E-state index in [-0.39, 0.29) is 25.2 Å². The minimum absolute atomic E-state index is 0.0632. The van der Waals surface area contributed by atoms with Crippen molar-refractivity contribution in [2.45, 2.75) is 277 Å². The van der Waals surface area contributed by atoms with Crippen molar-refractivity contribution in [1.29, 1.82) is 0 Å². The van der Waals surface area contributed by atoms with Crippen LogP contribution < -0.4 is 0 Å². The molecule has 380 valence electrons. The molecule has 0 radical (unpaired) electrons. The van der Waals surface area contributed by atoms with E-state index in [2.05, 4.69) is 98.9 Å². The highest BCUT2D eigenvalue weighted by atomic mass is 16.6. The predicted molar refractivity (Wildman–Crippen MR) is 288 cm³/mol. The van der Waals surface area contributed by atoms with Crippen molar-refractivity contribution in [2.75, 3.05) is 13.2 Å². The lowest BCUT2D eigenvalue weighted by atomic mass is 10.0. The van der Waals surface area contributed by atoms with Crippen molar-refractivity contribution in [3.05, 3.63) is 85.1 Å². The van der Waals surface area contributed by atoms with Gasteiger partial charge >= 0.3 is 11.9 Å². The molecular weight excluding hydrogens is 813 g/mol. The molecule has 1 unspecified atom stereocenters. The molecule has 0 spiro atoms. The molecule has 0 rings (SSSR count). The Labute approximate surface area is 409 Å². The summed E-state index contributed by atoms with van der Waals surface area (Å²) in [5.41, 5.74) is 0. The number of unbranched alkanes of at least 4 members (excludes halogenated alkanes) is 29. The van der Waals surface area contributed by atoms with E-state index < -0.39 is 6.10 Å². The molecule has 0 aromatic carbocycles. The Kier molecular flexibility index (Phi) is 53.9. The second-order valence-electron chi connectivity index (χ2n) is 18.6. The number of carbonyl (C=O) groups is 2. The lowest BCUT2D eigenvalue weighted by molar-refractivity contribution is -0.161. The highest BCUT2D eigenvalue weighted by Gasteiger charge is 2.16. The van der Waals surface area contributed by atoms with Crippen LogP contribution in [0.15, 0.2) is 85.1 Å². The van der Waals surface area contributed by atoms with E-state index in [1.165, 1.54) is 161 Å². The van der Waals surface area contributed by atoms with Crippen molar-refractivity contribution in [3.8, 4) is 0 Å². The Morgan fingerprint density at radius 2 is 0.652 bits per heavy atom. The predicted octanol–water partition coefficient (Wildman–Crippen LogP) is 19.0. The van der Waals surface area contributed by atoms with Crippen molar-refractivity contribution >= 4 is 11.9 Å². The summed E-state index contributed by atoms with van der Waals surface area (Å²) in [5, 5.41) is 9.62. The summed E-state index contributed by atoms with van der Waals surface area (Å²) in [6.45, 7) is 4.04. The van der Waals surface area contributed by atoms with Gasteiger partial charge in [-0.2, -0.15) is 0 Å². The normalized spacial score (nSPS) is 12.8. The summed E-state index contributed by atoms with van der Waals surface area (Å²) >= 11 is 0. The molecule has 5 nitrogen and oxygen atoms in total. The zero-order chi connectivity index (χ0) is 47.7. The van der Waals surface area contributed by atoms with E-state index in [1.54, 1.807) is 0 Å². The van der Waals surface area contributed by atoms with Gasteiger partial charge in [0.1, 0.15) is 6.61 Å². The lowest BCUT2D eigenvalue weighted by Gasteiger charge is -2.15. The van der Waals surface area contributed by atoms with E-state index in [0.29, 0.717) is 12.8 Å². The maximum atomic E-state index is 12.3. The molecule has 5 heteroatoms. The molecule has 0 aliphatic heterocycles. The van der Waals surface area contributed by atoms with Crippen LogP contribution in [0.5, 0.6) is 0 Å². The van der Waals surface area contributed by atoms with Crippen LogP contribution in [0, 0.1) is 0 Å². The maximum absolute atomic E-state index is 12.3. The van der Waals surface area contributed by atoms with Gasteiger partial charge in [0.15, 0.2) is 6.10 Å². The Morgan fingerprint density at radius 1 is 0.364 bits per heavy atom. The van der Waals surface area contributed by atoms with Gasteiger partial charge in [-0.15, -0.1) is 0 Å². The van der Waals surface area contributed by atoms with Crippen LogP contribution in [0.3, 0.4) is 0 Å². The zero-order valence-electron chi connectivity index (χ0n) is 43.4.